The summed E-state index contributed by atoms with van der Waals surface area (Å²) in [6, 6.07) is 88.2. The molecule has 1 aromatic heterocycles. The van der Waals surface area contributed by atoms with Gasteiger partial charge >= 0.3 is 0 Å². The van der Waals surface area contributed by atoms with Gasteiger partial charge < -0.3 is 9.47 Å². The van der Waals surface area contributed by atoms with Crippen LogP contribution in [0.5, 0.6) is 0 Å². The van der Waals surface area contributed by atoms with Gasteiger partial charge in [0, 0.05) is 38.9 Å². The van der Waals surface area contributed by atoms with E-state index in [-0.39, 0.29) is 5.41 Å². The van der Waals surface area contributed by atoms with Crippen LogP contribution in [0.2, 0.25) is 0 Å². The van der Waals surface area contributed by atoms with E-state index >= 15 is 0 Å². The Morgan fingerprint density at radius 2 is 0.925 bits per heavy atom. The van der Waals surface area contributed by atoms with E-state index in [1.165, 1.54) is 83.1 Å². The Labute approximate surface area is 393 Å². The SMILES string of the molecule is CC1(C)c2cc(-c3cc(-c4ccccc4)c(/C=C/c4ccc(N(c5ccccc5)c5ccccc5)cc4)cc3-c3ccccc3)ccc2-c2ccc3c4ccccc4n(-c4ccccc4)c3c21. The molecule has 0 bridgehead atoms. The predicted octanol–water partition coefficient (Wildman–Crippen LogP) is 17.7. The second kappa shape index (κ2) is 16.5. The molecule has 11 aromatic rings. The monoisotopic (exact) mass is 856 g/mol. The molecule has 67 heavy (non-hydrogen) atoms. The number of hydrogen-bond acceptors (Lipinski definition) is 1. The topological polar surface area (TPSA) is 8.17 Å². The standard InChI is InChI=1S/C65H48N2/c1-65(2)61-43-49(36-39-54(61)56-40-41-57-55-30-18-19-31-62(55)67(64(57)63(56)65)52-28-16-7-17-29-52)60-44-58(46-20-8-3-9-21-46)48(42-59(60)47-22-10-4-11-23-47)35-32-45-33-37-53(38-34-45)66(50-24-12-5-13-25-50)51-26-14-6-15-27-51/h3-44H,1-2H3/b35-32+. The number of benzene rings is 10. The molecule has 0 atom stereocenters. The van der Waals surface area contributed by atoms with E-state index in [0.29, 0.717) is 0 Å². The third-order valence-electron chi connectivity index (χ3n) is 13.8. The van der Waals surface area contributed by atoms with Gasteiger partial charge in [0.05, 0.1) is 11.0 Å². The Morgan fingerprint density at radius 3 is 1.58 bits per heavy atom. The summed E-state index contributed by atoms with van der Waals surface area (Å²) in [6.45, 7) is 4.84. The molecular weight excluding hydrogens is 809 g/mol. The third-order valence-corrected chi connectivity index (χ3v) is 13.8. The molecule has 0 fully saturated rings. The molecule has 1 aliphatic carbocycles. The first-order valence-electron chi connectivity index (χ1n) is 23.3. The molecule has 0 N–H and O–H groups in total. The molecule has 0 radical (unpaired) electrons. The Balaban J connectivity index is 0.983. The summed E-state index contributed by atoms with van der Waals surface area (Å²) in [5, 5.41) is 2.57. The summed E-state index contributed by atoms with van der Waals surface area (Å²) >= 11 is 0. The summed E-state index contributed by atoms with van der Waals surface area (Å²) in [4.78, 5) is 2.30. The molecule has 0 aliphatic heterocycles. The lowest BCUT2D eigenvalue weighted by atomic mass is 9.80. The van der Waals surface area contributed by atoms with Gasteiger partial charge in [0.1, 0.15) is 0 Å². The zero-order valence-electron chi connectivity index (χ0n) is 37.6. The van der Waals surface area contributed by atoms with E-state index in [1.54, 1.807) is 0 Å². The molecule has 0 saturated heterocycles. The van der Waals surface area contributed by atoms with Gasteiger partial charge in [-0.3, -0.25) is 0 Å². The molecule has 1 heterocycles. The number of anilines is 3. The quantitative estimate of drug-likeness (QED) is 0.131. The summed E-state index contributed by atoms with van der Waals surface area (Å²) in [7, 11) is 0. The number of para-hydroxylation sites is 4. The van der Waals surface area contributed by atoms with Gasteiger partial charge in [-0.25, -0.2) is 0 Å². The number of hydrogen-bond donors (Lipinski definition) is 0. The van der Waals surface area contributed by atoms with E-state index in [9.17, 15) is 0 Å². The number of rotatable bonds is 9. The molecular formula is C65H48N2. The average molecular weight is 857 g/mol. The molecule has 318 valence electrons. The average Bonchev–Trinajstić information content (AvgIpc) is 3.85. The fraction of sp³-hybridized carbons (Fsp3) is 0.0462. The molecule has 2 nitrogen and oxygen atoms in total. The van der Waals surface area contributed by atoms with Gasteiger partial charge in [0.25, 0.3) is 0 Å². The van der Waals surface area contributed by atoms with Gasteiger partial charge in [-0.1, -0.05) is 196 Å². The smallest absolute Gasteiger partial charge is 0.0588 e. The van der Waals surface area contributed by atoms with Crippen LogP contribution in [0.15, 0.2) is 243 Å². The van der Waals surface area contributed by atoms with Crippen LogP contribution in [0.3, 0.4) is 0 Å². The van der Waals surface area contributed by atoms with Crippen molar-refractivity contribution in [2.45, 2.75) is 19.3 Å². The molecule has 10 aromatic carbocycles. The normalized spacial score (nSPS) is 12.7. The summed E-state index contributed by atoms with van der Waals surface area (Å²) in [6.07, 6.45) is 4.54. The van der Waals surface area contributed by atoms with Crippen LogP contribution < -0.4 is 4.90 Å². The van der Waals surface area contributed by atoms with Gasteiger partial charge in [-0.05, 0) is 140 Å². The van der Waals surface area contributed by atoms with Crippen molar-refractivity contribution >= 4 is 51.0 Å². The van der Waals surface area contributed by atoms with Crippen LogP contribution in [0.4, 0.5) is 17.1 Å². The van der Waals surface area contributed by atoms with Crippen LogP contribution in [0.1, 0.15) is 36.1 Å². The molecule has 0 amide bonds. The lowest BCUT2D eigenvalue weighted by Gasteiger charge is -2.25. The molecule has 0 spiro atoms. The second-order valence-electron chi connectivity index (χ2n) is 18.1. The van der Waals surface area contributed by atoms with Crippen LogP contribution in [-0.4, -0.2) is 4.57 Å². The first-order valence-corrected chi connectivity index (χ1v) is 23.3. The summed E-state index contributed by atoms with van der Waals surface area (Å²) in [5.74, 6) is 0. The van der Waals surface area contributed by atoms with Crippen LogP contribution in [-0.2, 0) is 5.41 Å². The van der Waals surface area contributed by atoms with Gasteiger partial charge in [0.2, 0.25) is 0 Å². The fourth-order valence-electron chi connectivity index (χ4n) is 10.6. The van der Waals surface area contributed by atoms with E-state index < -0.39 is 0 Å². The Bertz CT molecular complexity index is 3570. The number of aromatic nitrogens is 1. The van der Waals surface area contributed by atoms with Crippen molar-refractivity contribution in [1.82, 2.24) is 4.57 Å². The van der Waals surface area contributed by atoms with E-state index in [2.05, 4.69) is 278 Å². The van der Waals surface area contributed by atoms with Crippen molar-refractivity contribution in [2.24, 2.45) is 0 Å². The maximum atomic E-state index is 2.49. The molecule has 2 heteroatoms. The Morgan fingerprint density at radius 1 is 0.388 bits per heavy atom. The zero-order valence-corrected chi connectivity index (χ0v) is 37.6. The minimum Gasteiger partial charge on any atom is -0.311 e. The molecule has 1 aliphatic rings. The van der Waals surface area contributed by atoms with Gasteiger partial charge in [0.15, 0.2) is 0 Å². The minimum atomic E-state index is -0.270. The van der Waals surface area contributed by atoms with Gasteiger partial charge in [-0.2, -0.15) is 0 Å². The maximum Gasteiger partial charge on any atom is 0.0588 e. The van der Waals surface area contributed by atoms with Crippen molar-refractivity contribution in [3.8, 4) is 50.2 Å². The predicted molar refractivity (Wildman–Crippen MR) is 285 cm³/mol. The fourth-order valence-corrected chi connectivity index (χ4v) is 10.6. The highest BCUT2D eigenvalue weighted by Crippen LogP contribution is 2.54. The largest absolute Gasteiger partial charge is 0.311 e. The Kier molecular flexibility index (Phi) is 9.88. The van der Waals surface area contributed by atoms with Gasteiger partial charge in [-0.15, -0.1) is 0 Å². The Hall–Kier alpha value is -8.46. The molecule has 0 unspecified atom stereocenters. The molecule has 12 rings (SSSR count). The van der Waals surface area contributed by atoms with Crippen molar-refractivity contribution < 1.29 is 0 Å². The van der Waals surface area contributed by atoms with Crippen molar-refractivity contribution in [3.63, 3.8) is 0 Å². The van der Waals surface area contributed by atoms with E-state index in [1.807, 2.05) is 0 Å². The first kappa shape index (κ1) is 40.1. The van der Waals surface area contributed by atoms with Crippen molar-refractivity contribution in [3.05, 3.63) is 265 Å². The highest BCUT2D eigenvalue weighted by atomic mass is 15.1. The summed E-state index contributed by atoms with van der Waals surface area (Å²) in [5.41, 5.74) is 21.6. The van der Waals surface area contributed by atoms with Crippen LogP contribution in [0, 0.1) is 0 Å². The summed E-state index contributed by atoms with van der Waals surface area (Å²) < 4.78 is 2.49. The highest BCUT2D eigenvalue weighted by molar-refractivity contribution is 6.13. The minimum absolute atomic E-state index is 0.270. The third kappa shape index (κ3) is 6.97. The maximum absolute atomic E-state index is 2.49. The lowest BCUT2D eigenvalue weighted by Crippen LogP contribution is -2.16. The van der Waals surface area contributed by atoms with E-state index in [0.717, 1.165) is 28.2 Å². The number of nitrogens with zero attached hydrogens (tertiary/aromatic N) is 2. The highest BCUT2D eigenvalue weighted by Gasteiger charge is 2.39. The van der Waals surface area contributed by atoms with Crippen molar-refractivity contribution in [2.75, 3.05) is 4.90 Å². The van der Waals surface area contributed by atoms with Crippen molar-refractivity contribution in [1.29, 1.82) is 0 Å². The first-order chi connectivity index (χ1) is 33.0. The molecule has 0 saturated carbocycles. The van der Waals surface area contributed by atoms with Crippen LogP contribution in [0.25, 0.3) is 84.2 Å². The second-order valence-corrected chi connectivity index (χ2v) is 18.1. The zero-order chi connectivity index (χ0) is 44.9. The number of fused-ring (bicyclic) bond motifs is 7. The lowest BCUT2D eigenvalue weighted by molar-refractivity contribution is 0.664. The van der Waals surface area contributed by atoms with Crippen LogP contribution >= 0.6 is 0 Å². The van der Waals surface area contributed by atoms with E-state index in [4.69, 9.17) is 0 Å².